The molecule has 0 radical (unpaired) electrons. The summed E-state index contributed by atoms with van der Waals surface area (Å²) in [6.07, 6.45) is 2.30. The molecule has 2 aromatic heterocycles. The number of aromatic nitrogens is 2. The second-order valence-electron chi connectivity index (χ2n) is 4.91. The van der Waals surface area contributed by atoms with Crippen molar-refractivity contribution in [3.05, 3.63) is 42.7 Å². The van der Waals surface area contributed by atoms with Gasteiger partial charge in [0.25, 0.3) is 0 Å². The predicted molar refractivity (Wildman–Crippen MR) is 82.5 cm³/mol. The van der Waals surface area contributed by atoms with Crippen LogP contribution in [0.15, 0.2) is 52.1 Å². The number of esters is 1. The maximum Gasteiger partial charge on any atom is 0.319 e. The largest absolute Gasteiger partial charge is 0.465 e. The minimum atomic E-state index is -0.206. The highest BCUT2D eigenvalue weighted by Crippen LogP contribution is 2.34. The number of cyclic esters (lactones) is 1. The number of thioether (sulfide) groups is 1. The van der Waals surface area contributed by atoms with E-state index < -0.39 is 0 Å². The Morgan fingerprint density at radius 1 is 1.14 bits per heavy atom. The van der Waals surface area contributed by atoms with E-state index in [2.05, 4.69) is 9.97 Å². The van der Waals surface area contributed by atoms with Gasteiger partial charge in [-0.2, -0.15) is 0 Å². The van der Waals surface area contributed by atoms with Crippen molar-refractivity contribution < 1.29 is 13.9 Å². The highest BCUT2D eigenvalue weighted by Gasteiger charge is 2.29. The number of hydrogen-bond acceptors (Lipinski definition) is 6. The summed E-state index contributed by atoms with van der Waals surface area (Å²) >= 11 is 1.43. The number of carbonyl (C=O) groups excluding carboxylic acids is 1. The quantitative estimate of drug-likeness (QED) is 0.546. The number of ether oxygens (including phenoxy) is 1. The summed E-state index contributed by atoms with van der Waals surface area (Å²) in [5.74, 6) is 0.964. The topological polar surface area (TPSA) is 65.2 Å². The first-order chi connectivity index (χ1) is 10.8. The maximum absolute atomic E-state index is 11.7. The normalized spacial score (nSPS) is 17.8. The Balaban J connectivity index is 1.82. The molecule has 1 aliphatic rings. The van der Waals surface area contributed by atoms with E-state index in [0.29, 0.717) is 24.6 Å². The number of nitrogens with zero attached hydrogens (tertiary/aromatic N) is 2. The van der Waals surface area contributed by atoms with Crippen LogP contribution in [0.1, 0.15) is 6.42 Å². The molecule has 110 valence electrons. The minimum Gasteiger partial charge on any atom is -0.465 e. The first kappa shape index (κ1) is 13.3. The molecule has 4 rings (SSSR count). The number of rotatable bonds is 3. The van der Waals surface area contributed by atoms with E-state index in [0.717, 1.165) is 15.9 Å². The van der Waals surface area contributed by atoms with Crippen molar-refractivity contribution in [1.82, 2.24) is 9.97 Å². The average Bonchev–Trinajstić information content (AvgIpc) is 3.20. The summed E-state index contributed by atoms with van der Waals surface area (Å²) in [6, 6.07) is 11.4. The Bertz CT molecular complexity index is 833. The molecule has 1 aromatic carbocycles. The van der Waals surface area contributed by atoms with Crippen molar-refractivity contribution in [2.24, 2.45) is 0 Å². The summed E-state index contributed by atoms with van der Waals surface area (Å²) in [5, 5.41) is 1.51. The number of para-hydroxylation sites is 1. The van der Waals surface area contributed by atoms with E-state index in [4.69, 9.17) is 9.15 Å². The molecule has 3 heterocycles. The van der Waals surface area contributed by atoms with Gasteiger partial charge < -0.3 is 9.15 Å². The molecule has 0 saturated carbocycles. The number of fused-ring (bicyclic) bond motifs is 1. The molecule has 3 aromatic rings. The second-order valence-corrected chi connectivity index (χ2v) is 6.10. The molecule has 1 unspecified atom stereocenters. The lowest BCUT2D eigenvalue weighted by atomic mass is 10.2. The standard InChI is InChI=1S/C16H12N2O3S/c19-16-13(7-9-21-16)22-15-10-4-1-2-5-11(10)17-14(18-15)12-6-3-8-20-12/h1-6,8,13H,7,9H2. The third-order valence-electron chi connectivity index (χ3n) is 3.45. The lowest BCUT2D eigenvalue weighted by Gasteiger charge is -2.09. The molecular weight excluding hydrogens is 300 g/mol. The van der Waals surface area contributed by atoms with Gasteiger partial charge in [-0.25, -0.2) is 9.97 Å². The van der Waals surface area contributed by atoms with Gasteiger partial charge in [-0.05, 0) is 18.2 Å². The fraction of sp³-hybridized carbons (Fsp3) is 0.188. The molecule has 0 bridgehead atoms. The van der Waals surface area contributed by atoms with E-state index in [1.165, 1.54) is 11.8 Å². The summed E-state index contributed by atoms with van der Waals surface area (Å²) in [5.41, 5.74) is 0.831. The van der Waals surface area contributed by atoms with Crippen LogP contribution in [0.3, 0.4) is 0 Å². The van der Waals surface area contributed by atoms with Crippen molar-refractivity contribution in [2.75, 3.05) is 6.61 Å². The SMILES string of the molecule is O=C1OCCC1Sc1nc(-c2ccco2)nc2ccccc12. The molecule has 0 spiro atoms. The highest BCUT2D eigenvalue weighted by molar-refractivity contribution is 8.00. The van der Waals surface area contributed by atoms with Gasteiger partial charge in [-0.15, -0.1) is 0 Å². The van der Waals surface area contributed by atoms with Crippen LogP contribution in [0, 0.1) is 0 Å². The maximum atomic E-state index is 11.7. The highest BCUT2D eigenvalue weighted by atomic mass is 32.2. The zero-order chi connectivity index (χ0) is 14.9. The van der Waals surface area contributed by atoms with Crippen LogP contribution in [-0.4, -0.2) is 27.8 Å². The summed E-state index contributed by atoms with van der Waals surface area (Å²) < 4.78 is 10.4. The van der Waals surface area contributed by atoms with Crippen LogP contribution in [0.5, 0.6) is 0 Å². The molecule has 0 N–H and O–H groups in total. The number of carbonyl (C=O) groups is 1. The van der Waals surface area contributed by atoms with Crippen molar-refractivity contribution in [2.45, 2.75) is 16.7 Å². The zero-order valence-electron chi connectivity index (χ0n) is 11.6. The summed E-state index contributed by atoms with van der Waals surface area (Å²) in [4.78, 5) is 20.9. The molecule has 22 heavy (non-hydrogen) atoms. The fourth-order valence-electron chi connectivity index (χ4n) is 2.37. The van der Waals surface area contributed by atoms with Crippen LogP contribution < -0.4 is 0 Å². The Labute approximate surface area is 130 Å². The van der Waals surface area contributed by atoms with Crippen LogP contribution >= 0.6 is 11.8 Å². The summed E-state index contributed by atoms with van der Waals surface area (Å²) in [7, 11) is 0. The lowest BCUT2D eigenvalue weighted by Crippen LogP contribution is -2.10. The Hall–Kier alpha value is -2.34. The second kappa shape index (κ2) is 5.46. The monoisotopic (exact) mass is 312 g/mol. The van der Waals surface area contributed by atoms with E-state index >= 15 is 0 Å². The Kier molecular flexibility index (Phi) is 3.31. The van der Waals surface area contributed by atoms with Gasteiger partial charge in [-0.1, -0.05) is 30.0 Å². The first-order valence-corrected chi connectivity index (χ1v) is 7.83. The van der Waals surface area contributed by atoms with Gasteiger partial charge >= 0.3 is 5.97 Å². The molecule has 0 amide bonds. The molecule has 0 aliphatic carbocycles. The fourth-order valence-corrected chi connectivity index (χ4v) is 3.46. The van der Waals surface area contributed by atoms with E-state index in [1.54, 1.807) is 12.3 Å². The molecule has 5 nitrogen and oxygen atoms in total. The predicted octanol–water partition coefficient (Wildman–Crippen LogP) is 3.30. The van der Waals surface area contributed by atoms with Crippen LogP contribution in [0.4, 0.5) is 0 Å². The average molecular weight is 312 g/mol. The Morgan fingerprint density at radius 2 is 2.05 bits per heavy atom. The van der Waals surface area contributed by atoms with Gasteiger partial charge in [0.2, 0.25) is 0 Å². The van der Waals surface area contributed by atoms with Crippen LogP contribution in [0.2, 0.25) is 0 Å². The summed E-state index contributed by atoms with van der Waals surface area (Å²) in [6.45, 7) is 0.477. The van der Waals surface area contributed by atoms with E-state index in [-0.39, 0.29) is 11.2 Å². The van der Waals surface area contributed by atoms with Gasteiger partial charge in [-0.3, -0.25) is 4.79 Å². The minimum absolute atomic E-state index is 0.174. The molecular formula is C16H12N2O3S. The van der Waals surface area contributed by atoms with E-state index in [1.807, 2.05) is 30.3 Å². The molecule has 1 atom stereocenters. The molecule has 6 heteroatoms. The van der Waals surface area contributed by atoms with Crippen LogP contribution in [-0.2, 0) is 9.53 Å². The van der Waals surface area contributed by atoms with Crippen molar-refractivity contribution in [1.29, 1.82) is 0 Å². The van der Waals surface area contributed by atoms with Crippen LogP contribution in [0.25, 0.3) is 22.5 Å². The Morgan fingerprint density at radius 3 is 2.82 bits per heavy atom. The molecule has 1 saturated heterocycles. The molecule has 1 fully saturated rings. The third-order valence-corrected chi connectivity index (χ3v) is 4.70. The third kappa shape index (κ3) is 2.35. The number of furan rings is 1. The van der Waals surface area contributed by atoms with Crippen molar-refractivity contribution >= 4 is 28.6 Å². The van der Waals surface area contributed by atoms with E-state index in [9.17, 15) is 4.79 Å². The smallest absolute Gasteiger partial charge is 0.319 e. The van der Waals surface area contributed by atoms with Gasteiger partial charge in [0, 0.05) is 11.8 Å². The number of benzene rings is 1. The first-order valence-electron chi connectivity index (χ1n) is 6.95. The van der Waals surface area contributed by atoms with Crippen molar-refractivity contribution in [3.63, 3.8) is 0 Å². The zero-order valence-corrected chi connectivity index (χ0v) is 12.4. The molecule has 1 aliphatic heterocycles. The van der Waals surface area contributed by atoms with Gasteiger partial charge in [0.15, 0.2) is 11.6 Å². The van der Waals surface area contributed by atoms with Gasteiger partial charge in [0.05, 0.1) is 18.4 Å². The van der Waals surface area contributed by atoms with Crippen molar-refractivity contribution in [3.8, 4) is 11.6 Å². The van der Waals surface area contributed by atoms with Gasteiger partial charge in [0.1, 0.15) is 10.3 Å². The number of hydrogen-bond donors (Lipinski definition) is 0. The lowest BCUT2D eigenvalue weighted by molar-refractivity contribution is -0.137.